The Kier molecular flexibility index (Phi) is 20.3. The van der Waals surface area contributed by atoms with Crippen LogP contribution in [0, 0.1) is 23.7 Å². The quantitative estimate of drug-likeness (QED) is 0.112. The summed E-state index contributed by atoms with van der Waals surface area (Å²) in [6.07, 6.45) is -0.246. The van der Waals surface area contributed by atoms with Gasteiger partial charge in [-0.15, -0.1) is 0 Å². The van der Waals surface area contributed by atoms with Gasteiger partial charge in [0.2, 0.25) is 23.6 Å². The summed E-state index contributed by atoms with van der Waals surface area (Å²) < 4.78 is 17.4. The lowest BCUT2D eigenvalue weighted by Gasteiger charge is -2.41. The zero-order valence-electron chi connectivity index (χ0n) is 39.0. The Labute approximate surface area is 373 Å². The molecule has 1 saturated heterocycles. The largest absolute Gasteiger partial charge is 0.480 e. The van der Waals surface area contributed by atoms with E-state index in [4.69, 9.17) is 19.9 Å². The van der Waals surface area contributed by atoms with E-state index in [0.717, 1.165) is 11.1 Å². The highest BCUT2D eigenvalue weighted by molar-refractivity contribution is 5.92. The van der Waals surface area contributed by atoms with Crippen molar-refractivity contribution >= 4 is 41.4 Å². The Morgan fingerprint density at radius 3 is 2.02 bits per heavy atom. The van der Waals surface area contributed by atoms with Crippen LogP contribution in [0.5, 0.6) is 0 Å². The molecule has 1 aliphatic rings. The van der Waals surface area contributed by atoms with E-state index in [1.54, 1.807) is 72.3 Å². The second-order valence-electron chi connectivity index (χ2n) is 17.5. The Morgan fingerprint density at radius 1 is 0.841 bits per heavy atom. The third-order valence-electron chi connectivity index (χ3n) is 12.3. The third kappa shape index (κ3) is 14.1. The molecule has 16 nitrogen and oxygen atoms in total. The number of nitrogen functional groups attached to an aromatic ring is 1. The maximum Gasteiger partial charge on any atom is 0.410 e. The number of likely N-dealkylation sites (tertiary alicyclic amines) is 1. The number of hydrogen-bond acceptors (Lipinski definition) is 10. The van der Waals surface area contributed by atoms with Crippen LogP contribution >= 0.6 is 0 Å². The van der Waals surface area contributed by atoms with Gasteiger partial charge in [0.1, 0.15) is 24.7 Å². The van der Waals surface area contributed by atoms with Gasteiger partial charge in [-0.3, -0.25) is 24.1 Å². The van der Waals surface area contributed by atoms with E-state index in [1.165, 1.54) is 26.2 Å². The maximum atomic E-state index is 14.5. The van der Waals surface area contributed by atoms with Crippen LogP contribution in [-0.2, 0) is 51.2 Å². The summed E-state index contributed by atoms with van der Waals surface area (Å²) in [5.74, 6) is -4.38. The van der Waals surface area contributed by atoms with Crippen LogP contribution in [0.15, 0.2) is 54.6 Å². The smallest absolute Gasteiger partial charge is 0.410 e. The molecule has 9 atom stereocenters. The summed E-state index contributed by atoms with van der Waals surface area (Å²) in [5, 5.41) is 15.5. The van der Waals surface area contributed by atoms with Gasteiger partial charge in [-0.2, -0.15) is 0 Å². The van der Waals surface area contributed by atoms with Crippen molar-refractivity contribution in [2.24, 2.45) is 23.7 Å². The number of carboxylic acids is 1. The van der Waals surface area contributed by atoms with E-state index in [0.29, 0.717) is 31.5 Å². The van der Waals surface area contributed by atoms with E-state index < -0.39 is 72.2 Å². The Morgan fingerprint density at radius 2 is 1.48 bits per heavy atom. The van der Waals surface area contributed by atoms with Crippen molar-refractivity contribution in [2.75, 3.05) is 40.6 Å². The zero-order chi connectivity index (χ0) is 47.1. The fraction of sp³-hybridized carbons (Fsp3) is 0.617. The molecule has 0 radical (unpaired) electrons. The topological polar surface area (TPSA) is 210 Å². The third-order valence-corrected chi connectivity index (χ3v) is 12.3. The highest BCUT2D eigenvalue weighted by Crippen LogP contribution is 2.30. The first-order valence-corrected chi connectivity index (χ1v) is 22.0. The van der Waals surface area contributed by atoms with Crippen LogP contribution in [0.3, 0.4) is 0 Å². The van der Waals surface area contributed by atoms with Gasteiger partial charge in [0.15, 0.2) is 0 Å². The number of hydrogen-bond donors (Lipinski definition) is 4. The number of carboxylic acid groups (broad SMARTS) is 1. The molecule has 0 bridgehead atoms. The van der Waals surface area contributed by atoms with Crippen LogP contribution in [0.4, 0.5) is 10.5 Å². The van der Waals surface area contributed by atoms with Gasteiger partial charge < -0.3 is 45.5 Å². The van der Waals surface area contributed by atoms with Gasteiger partial charge in [0, 0.05) is 47.0 Å². The molecule has 5 amide bonds. The first kappa shape index (κ1) is 52.1. The first-order chi connectivity index (χ1) is 29.8. The molecule has 1 aliphatic heterocycles. The zero-order valence-corrected chi connectivity index (χ0v) is 39.0. The number of nitrogens with one attached hydrogen (secondary N) is 2. The van der Waals surface area contributed by atoms with E-state index in [-0.39, 0.29) is 49.0 Å². The van der Waals surface area contributed by atoms with Gasteiger partial charge in [-0.25, -0.2) is 9.59 Å². The van der Waals surface area contributed by atoms with Gasteiger partial charge in [0.25, 0.3) is 0 Å². The summed E-state index contributed by atoms with van der Waals surface area (Å²) >= 11 is 0. The Bertz CT molecular complexity index is 1810. The SMILES string of the molecule is CC[C@H](C)[C@@H]([C@@H](CC(=O)N1CCC[C@H]1[C@H](OC)[C@@H](C)C(=O)NC(Cc1ccccc1)C(=O)O)OC)N(C)C(=O)[C@@H](NC(=O)[C@H](C(C)C)N(C)C(=O)OCc1ccc(N)cc1)C(C)C. The fourth-order valence-corrected chi connectivity index (χ4v) is 8.53. The number of anilines is 1. The minimum atomic E-state index is -1.16. The lowest BCUT2D eigenvalue weighted by Crippen LogP contribution is -2.60. The molecule has 1 unspecified atom stereocenters. The molecule has 0 aliphatic carbocycles. The molecule has 0 spiro atoms. The molecule has 2 aromatic carbocycles. The summed E-state index contributed by atoms with van der Waals surface area (Å²) in [4.78, 5) is 86.2. The molecule has 63 heavy (non-hydrogen) atoms. The highest BCUT2D eigenvalue weighted by Gasteiger charge is 2.44. The second kappa shape index (κ2) is 24.6. The molecular weight excluding hydrogens is 809 g/mol. The lowest BCUT2D eigenvalue weighted by molar-refractivity contribution is -0.148. The van der Waals surface area contributed by atoms with Gasteiger partial charge in [-0.05, 0) is 53.9 Å². The van der Waals surface area contributed by atoms with E-state index in [2.05, 4.69) is 10.6 Å². The Hall–Kier alpha value is -5.22. The molecule has 2 aromatic rings. The molecule has 1 heterocycles. The molecular formula is C47H72N6O10. The number of aliphatic carboxylic acids is 1. The molecule has 0 saturated carbocycles. The highest BCUT2D eigenvalue weighted by atomic mass is 16.6. The number of nitrogens with zero attached hydrogens (tertiary/aromatic N) is 3. The second-order valence-corrected chi connectivity index (χ2v) is 17.5. The van der Waals surface area contributed by atoms with E-state index in [9.17, 15) is 33.9 Å². The number of likely N-dealkylation sites (N-methyl/N-ethyl adjacent to an activating group) is 2. The van der Waals surface area contributed by atoms with Crippen LogP contribution in [0.1, 0.15) is 85.3 Å². The molecule has 5 N–H and O–H groups in total. The Balaban J connectivity index is 1.76. The maximum absolute atomic E-state index is 14.5. The number of ether oxygens (including phenoxy) is 3. The normalized spacial score (nSPS) is 17.7. The number of benzene rings is 2. The predicted octanol–water partition coefficient (Wildman–Crippen LogP) is 4.74. The van der Waals surface area contributed by atoms with Crippen molar-refractivity contribution < 1.29 is 48.1 Å². The van der Waals surface area contributed by atoms with E-state index in [1.807, 2.05) is 47.6 Å². The predicted molar refractivity (Wildman–Crippen MR) is 240 cm³/mol. The van der Waals surface area contributed by atoms with Crippen LogP contribution in [0.2, 0.25) is 0 Å². The number of methoxy groups -OCH3 is 2. The monoisotopic (exact) mass is 881 g/mol. The minimum absolute atomic E-state index is 0.0137. The molecule has 3 rings (SSSR count). The average Bonchev–Trinajstić information content (AvgIpc) is 3.74. The standard InChI is InChI=1S/C47H72N6O10/c1-12-30(6)41(51(8)45(57)39(28(2)3)50-44(56)40(29(4)5)52(9)47(60)63-27-33-20-22-34(48)23-21-33)37(61-10)26-38(54)53-24-16-19-36(53)42(62-11)31(7)43(55)49-35(46(58)59)25-32-17-14-13-15-18-32/h13-15,17-18,20-23,28-31,35-37,39-42H,12,16,19,24-27,48H2,1-11H3,(H,49,55)(H,50,56)(H,58,59)/t30-,31+,35?,36-,37+,39-,40-,41-,42+/m0/s1. The van der Waals surface area contributed by atoms with Gasteiger partial charge in [0.05, 0.1) is 36.6 Å². The summed E-state index contributed by atoms with van der Waals surface area (Å²) in [5.41, 5.74) is 7.85. The van der Waals surface area contributed by atoms with Crippen molar-refractivity contribution in [3.8, 4) is 0 Å². The van der Waals surface area contributed by atoms with Crippen molar-refractivity contribution in [1.29, 1.82) is 0 Å². The number of nitrogens with two attached hydrogens (primary N) is 1. The summed E-state index contributed by atoms with van der Waals surface area (Å²) in [6.45, 7) is 13.3. The number of carbonyl (C=O) groups excluding carboxylic acids is 5. The number of carbonyl (C=O) groups is 6. The molecule has 16 heteroatoms. The summed E-state index contributed by atoms with van der Waals surface area (Å²) in [6, 6.07) is 11.8. The molecule has 0 aromatic heterocycles. The van der Waals surface area contributed by atoms with Crippen LogP contribution in [-0.4, -0.2) is 133 Å². The summed E-state index contributed by atoms with van der Waals surface area (Å²) in [7, 11) is 6.12. The minimum Gasteiger partial charge on any atom is -0.480 e. The van der Waals surface area contributed by atoms with Crippen molar-refractivity contribution in [3.63, 3.8) is 0 Å². The van der Waals surface area contributed by atoms with Crippen molar-refractivity contribution in [2.45, 2.75) is 130 Å². The first-order valence-electron chi connectivity index (χ1n) is 22.0. The average molecular weight is 881 g/mol. The van der Waals surface area contributed by atoms with Crippen molar-refractivity contribution in [1.82, 2.24) is 25.3 Å². The lowest BCUT2D eigenvalue weighted by atomic mass is 9.89. The number of rotatable bonds is 23. The van der Waals surface area contributed by atoms with Crippen LogP contribution in [0.25, 0.3) is 0 Å². The van der Waals surface area contributed by atoms with Gasteiger partial charge >= 0.3 is 12.1 Å². The van der Waals surface area contributed by atoms with E-state index >= 15 is 0 Å². The van der Waals surface area contributed by atoms with Gasteiger partial charge in [-0.1, -0.05) is 97.4 Å². The van der Waals surface area contributed by atoms with Crippen LogP contribution < -0.4 is 16.4 Å². The molecule has 350 valence electrons. The fourth-order valence-electron chi connectivity index (χ4n) is 8.53. The van der Waals surface area contributed by atoms with Crippen molar-refractivity contribution in [3.05, 3.63) is 65.7 Å². The molecule has 1 fully saturated rings. The number of amides is 5.